The molecule has 3 saturated heterocycles. The lowest BCUT2D eigenvalue weighted by Crippen LogP contribution is -2.50. The van der Waals surface area contributed by atoms with Crippen molar-refractivity contribution in [3.8, 4) is 0 Å². The zero-order valence-electron chi connectivity index (χ0n) is 32.0. The number of carbonyl (C=O) groups is 3. The molecule has 288 valence electrons. The standard InChI is InChI=1S/C42H50N8O5/c1-26-34-23-44-41(47-38(34)50(32-6-4-5-7-32)39(53)37(26)27(2)51)45-35-13-8-29(22-43-35)28-15-18-48(19-16-28)24-33-25-49(20-21-55-33)31-11-9-30(10-12-31)42(3)17-14-36(52)46-40(42)54/h8-13,22-23,28,32-33H,4-7,14-21,24-25H2,1-3H3,(H,46,52,54)(H,43,44,45,47)/t33-,42-/m1/s1. The van der Waals surface area contributed by atoms with Crippen LogP contribution in [0.4, 0.5) is 17.5 Å². The third-order valence-corrected chi connectivity index (χ3v) is 12.4. The molecular weight excluding hydrogens is 697 g/mol. The first kappa shape index (κ1) is 36.9. The summed E-state index contributed by atoms with van der Waals surface area (Å²) in [7, 11) is 0. The molecule has 13 heteroatoms. The molecule has 1 saturated carbocycles. The molecule has 13 nitrogen and oxygen atoms in total. The Hall–Kier alpha value is -5.01. The van der Waals surface area contributed by atoms with Crippen molar-refractivity contribution >= 4 is 46.1 Å². The van der Waals surface area contributed by atoms with Crippen molar-refractivity contribution in [2.45, 2.75) is 95.6 Å². The van der Waals surface area contributed by atoms with Crippen LogP contribution in [-0.2, 0) is 19.7 Å². The first-order valence-corrected chi connectivity index (χ1v) is 19.8. The minimum absolute atomic E-state index is 0.0205. The maximum atomic E-state index is 13.6. The molecule has 55 heavy (non-hydrogen) atoms. The number of benzene rings is 1. The van der Waals surface area contributed by atoms with Crippen LogP contribution >= 0.6 is 0 Å². The highest BCUT2D eigenvalue weighted by molar-refractivity contribution is 6.03. The molecule has 4 aromatic rings. The summed E-state index contributed by atoms with van der Waals surface area (Å²) in [6, 6.07) is 12.3. The number of amides is 2. The van der Waals surface area contributed by atoms with E-state index in [1.807, 2.05) is 31.3 Å². The van der Waals surface area contributed by atoms with Gasteiger partial charge in [-0.15, -0.1) is 0 Å². The van der Waals surface area contributed by atoms with E-state index in [1.54, 1.807) is 17.7 Å². The Balaban J connectivity index is 0.863. The van der Waals surface area contributed by atoms with E-state index in [0.717, 1.165) is 87.9 Å². The average molecular weight is 747 g/mol. The number of ketones is 1. The second-order valence-corrected chi connectivity index (χ2v) is 16.0. The molecular formula is C42H50N8O5. The third-order valence-electron chi connectivity index (χ3n) is 12.4. The number of rotatable bonds is 9. The number of aryl methyl sites for hydroxylation is 1. The number of carbonyl (C=O) groups excluding carboxylic acids is 3. The number of ether oxygens (including phenoxy) is 1. The number of imide groups is 1. The molecule has 1 aliphatic carbocycles. The van der Waals surface area contributed by atoms with Gasteiger partial charge >= 0.3 is 0 Å². The zero-order valence-corrected chi connectivity index (χ0v) is 32.0. The largest absolute Gasteiger partial charge is 0.373 e. The molecule has 8 rings (SSSR count). The lowest BCUT2D eigenvalue weighted by atomic mass is 9.75. The van der Waals surface area contributed by atoms with Gasteiger partial charge in [0.05, 0.1) is 23.7 Å². The maximum Gasteiger partial charge on any atom is 0.263 e. The molecule has 0 spiro atoms. The fourth-order valence-corrected chi connectivity index (χ4v) is 9.06. The molecule has 2 amide bonds. The molecule has 3 aliphatic heterocycles. The zero-order chi connectivity index (χ0) is 38.3. The smallest absolute Gasteiger partial charge is 0.263 e. The van der Waals surface area contributed by atoms with Crippen LogP contribution in [0, 0.1) is 6.92 Å². The number of nitrogens with one attached hydrogen (secondary N) is 2. The fourth-order valence-electron chi connectivity index (χ4n) is 9.06. The van der Waals surface area contributed by atoms with E-state index in [4.69, 9.17) is 14.7 Å². The number of likely N-dealkylation sites (tertiary alicyclic amines) is 1. The van der Waals surface area contributed by atoms with Crippen molar-refractivity contribution in [1.82, 2.24) is 29.7 Å². The Morgan fingerprint density at radius 1 is 0.982 bits per heavy atom. The number of nitrogens with zero attached hydrogens (tertiary/aromatic N) is 6. The minimum Gasteiger partial charge on any atom is -0.373 e. The summed E-state index contributed by atoms with van der Waals surface area (Å²) in [5.41, 5.74) is 3.71. The normalized spacial score (nSPS) is 23.0. The maximum absolute atomic E-state index is 13.6. The first-order chi connectivity index (χ1) is 26.6. The number of Topliss-reactive ketones (excluding diaryl/α,β-unsaturated/α-hetero) is 1. The molecule has 6 heterocycles. The topological polar surface area (TPSA) is 152 Å². The molecule has 2 atom stereocenters. The molecule has 4 aliphatic rings. The lowest BCUT2D eigenvalue weighted by molar-refractivity contribution is -0.137. The molecule has 0 unspecified atom stereocenters. The summed E-state index contributed by atoms with van der Waals surface area (Å²) in [4.78, 5) is 69.3. The van der Waals surface area contributed by atoms with E-state index in [2.05, 4.69) is 43.6 Å². The molecule has 0 radical (unpaired) electrons. The van der Waals surface area contributed by atoms with E-state index in [1.165, 1.54) is 12.5 Å². The molecule has 3 aromatic heterocycles. The number of hydrogen-bond donors (Lipinski definition) is 2. The lowest BCUT2D eigenvalue weighted by Gasteiger charge is -2.39. The fraction of sp³-hybridized carbons (Fsp3) is 0.500. The average Bonchev–Trinajstić information content (AvgIpc) is 3.72. The van der Waals surface area contributed by atoms with Gasteiger partial charge in [-0.2, -0.15) is 4.98 Å². The van der Waals surface area contributed by atoms with E-state index in [0.29, 0.717) is 48.3 Å². The number of aromatic nitrogens is 4. The highest BCUT2D eigenvalue weighted by Gasteiger charge is 2.40. The summed E-state index contributed by atoms with van der Waals surface area (Å²) >= 11 is 0. The van der Waals surface area contributed by atoms with E-state index >= 15 is 0 Å². The summed E-state index contributed by atoms with van der Waals surface area (Å²) in [6.07, 6.45) is 10.6. The summed E-state index contributed by atoms with van der Waals surface area (Å²) in [5.74, 6) is 0.757. The van der Waals surface area contributed by atoms with Crippen molar-refractivity contribution in [2.75, 3.05) is 49.5 Å². The molecule has 2 N–H and O–H groups in total. The Labute approximate surface area is 320 Å². The van der Waals surface area contributed by atoms with Crippen LogP contribution in [-0.4, -0.2) is 87.5 Å². The Morgan fingerprint density at radius 2 is 1.75 bits per heavy atom. The Kier molecular flexibility index (Phi) is 10.2. The van der Waals surface area contributed by atoms with Gasteiger partial charge < -0.3 is 19.9 Å². The number of anilines is 3. The predicted molar refractivity (Wildman–Crippen MR) is 210 cm³/mol. The van der Waals surface area contributed by atoms with Crippen molar-refractivity contribution in [1.29, 1.82) is 0 Å². The number of pyridine rings is 2. The minimum atomic E-state index is -0.694. The summed E-state index contributed by atoms with van der Waals surface area (Å²) < 4.78 is 7.95. The quantitative estimate of drug-likeness (QED) is 0.169. The van der Waals surface area contributed by atoms with E-state index in [-0.39, 0.29) is 40.9 Å². The predicted octanol–water partition coefficient (Wildman–Crippen LogP) is 5.34. The highest BCUT2D eigenvalue weighted by atomic mass is 16.5. The van der Waals surface area contributed by atoms with Crippen LogP contribution in [0.15, 0.2) is 53.6 Å². The number of fused-ring (bicyclic) bond motifs is 1. The van der Waals surface area contributed by atoms with Gasteiger partial charge in [0, 0.05) is 55.6 Å². The molecule has 4 fully saturated rings. The molecule has 1 aromatic carbocycles. The van der Waals surface area contributed by atoms with E-state index in [9.17, 15) is 19.2 Å². The second-order valence-electron chi connectivity index (χ2n) is 16.0. The van der Waals surface area contributed by atoms with Crippen molar-refractivity contribution in [3.63, 3.8) is 0 Å². The van der Waals surface area contributed by atoms with E-state index < -0.39 is 5.41 Å². The SMILES string of the molecule is CC(=O)c1c(C)c2cnc(Nc3ccc(C4CCN(C[C@@H]5CN(c6ccc([C@@]7(C)CCC(=O)NC7=O)cc6)CCO5)CC4)cn3)nc2n(C2CCCC2)c1=O. The Bertz CT molecular complexity index is 2160. The first-order valence-electron chi connectivity index (χ1n) is 19.8. The summed E-state index contributed by atoms with van der Waals surface area (Å²) in [5, 5.41) is 6.46. The van der Waals surface area contributed by atoms with Crippen molar-refractivity contribution < 1.29 is 19.1 Å². The van der Waals surface area contributed by atoms with Crippen molar-refractivity contribution in [2.24, 2.45) is 0 Å². The van der Waals surface area contributed by atoms with Crippen molar-refractivity contribution in [3.05, 3.63) is 81.4 Å². The van der Waals surface area contributed by atoms with Crippen LogP contribution in [0.3, 0.4) is 0 Å². The van der Waals surface area contributed by atoms with Gasteiger partial charge in [0.2, 0.25) is 17.8 Å². The van der Waals surface area contributed by atoms with Gasteiger partial charge in [0.1, 0.15) is 11.5 Å². The van der Waals surface area contributed by atoms with Crippen LogP contribution in [0.1, 0.15) is 104 Å². The summed E-state index contributed by atoms with van der Waals surface area (Å²) in [6.45, 7) is 10.3. The van der Waals surface area contributed by atoms with Gasteiger partial charge in [-0.05, 0) is 107 Å². The van der Waals surface area contributed by atoms with Gasteiger partial charge in [-0.1, -0.05) is 31.0 Å². The highest BCUT2D eigenvalue weighted by Crippen LogP contribution is 2.35. The number of piperidine rings is 2. The van der Waals surface area contributed by atoms with Gasteiger partial charge in [-0.25, -0.2) is 9.97 Å². The van der Waals surface area contributed by atoms with Crippen LogP contribution in [0.5, 0.6) is 0 Å². The van der Waals surface area contributed by atoms with Crippen LogP contribution < -0.4 is 21.1 Å². The third kappa shape index (κ3) is 7.39. The van der Waals surface area contributed by atoms with Gasteiger partial charge in [-0.3, -0.25) is 29.1 Å². The van der Waals surface area contributed by atoms with Crippen LogP contribution in [0.25, 0.3) is 11.0 Å². The van der Waals surface area contributed by atoms with Gasteiger partial charge in [0.25, 0.3) is 5.56 Å². The molecule has 0 bridgehead atoms. The number of hydrogen-bond acceptors (Lipinski definition) is 11. The monoisotopic (exact) mass is 746 g/mol. The Morgan fingerprint density at radius 3 is 2.44 bits per heavy atom. The number of morpholine rings is 1. The second kappa shape index (κ2) is 15.3. The van der Waals surface area contributed by atoms with Gasteiger partial charge in [0.15, 0.2) is 5.78 Å². The van der Waals surface area contributed by atoms with Crippen LogP contribution in [0.2, 0.25) is 0 Å².